The first-order chi connectivity index (χ1) is 14.6. The van der Waals surface area contributed by atoms with Crippen LogP contribution in [0.15, 0.2) is 66.7 Å². The van der Waals surface area contributed by atoms with Crippen molar-refractivity contribution in [1.29, 1.82) is 0 Å². The second kappa shape index (κ2) is 8.60. The molecule has 4 rings (SSSR count). The van der Waals surface area contributed by atoms with Crippen LogP contribution in [0, 0.1) is 0 Å². The van der Waals surface area contributed by atoms with Gasteiger partial charge < -0.3 is 15.5 Å². The summed E-state index contributed by atoms with van der Waals surface area (Å²) in [7, 11) is 0. The summed E-state index contributed by atoms with van der Waals surface area (Å²) in [5.41, 5.74) is 2.29. The van der Waals surface area contributed by atoms with Crippen LogP contribution in [0.5, 0.6) is 0 Å². The first-order valence-electron chi connectivity index (χ1n) is 9.64. The van der Waals surface area contributed by atoms with Gasteiger partial charge in [0.05, 0.1) is 25.3 Å². The van der Waals surface area contributed by atoms with Crippen molar-refractivity contribution in [2.24, 2.45) is 0 Å². The summed E-state index contributed by atoms with van der Waals surface area (Å²) in [6.07, 6.45) is 0. The monoisotopic (exact) mass is 403 g/mol. The summed E-state index contributed by atoms with van der Waals surface area (Å²) in [4.78, 5) is 38.7. The Morgan fingerprint density at radius 2 is 1.60 bits per heavy atom. The van der Waals surface area contributed by atoms with Gasteiger partial charge in [-0.05, 0) is 30.3 Å². The zero-order chi connectivity index (χ0) is 20.9. The maximum Gasteiger partial charge on any atom is 0.276 e. The van der Waals surface area contributed by atoms with Crippen LogP contribution >= 0.6 is 0 Å². The molecule has 0 bridgehead atoms. The number of aromatic nitrogens is 2. The van der Waals surface area contributed by atoms with E-state index in [1.807, 2.05) is 24.3 Å². The fourth-order valence-corrected chi connectivity index (χ4v) is 3.27. The zero-order valence-corrected chi connectivity index (χ0v) is 16.2. The fraction of sp³-hybridized carbons (Fsp3) is 0.182. The summed E-state index contributed by atoms with van der Waals surface area (Å²) < 4.78 is 1.74. The largest absolute Gasteiger partial charge is 0.343 e. The molecule has 2 aromatic carbocycles. The molecule has 0 radical (unpaired) electrons. The number of amides is 3. The second-order valence-electron chi connectivity index (χ2n) is 6.93. The van der Waals surface area contributed by atoms with Crippen molar-refractivity contribution in [3.05, 3.63) is 83.7 Å². The van der Waals surface area contributed by atoms with Gasteiger partial charge in [-0.3, -0.25) is 19.1 Å². The van der Waals surface area contributed by atoms with Gasteiger partial charge in [-0.15, -0.1) is 0 Å². The first-order valence-corrected chi connectivity index (χ1v) is 9.64. The highest BCUT2D eigenvalue weighted by molar-refractivity contribution is 6.03. The number of carbonyl (C=O) groups excluding carboxylic acids is 3. The number of benzene rings is 2. The maximum atomic E-state index is 12.5. The van der Waals surface area contributed by atoms with Crippen molar-refractivity contribution in [2.45, 2.75) is 13.1 Å². The third kappa shape index (κ3) is 4.38. The Kier molecular flexibility index (Phi) is 5.56. The first kappa shape index (κ1) is 19.4. The molecule has 0 atom stereocenters. The normalized spacial score (nSPS) is 12.7. The molecule has 3 aromatic rings. The van der Waals surface area contributed by atoms with E-state index in [2.05, 4.69) is 15.7 Å². The van der Waals surface area contributed by atoms with Crippen LogP contribution in [0.2, 0.25) is 0 Å². The highest BCUT2D eigenvalue weighted by Crippen LogP contribution is 2.15. The molecule has 30 heavy (non-hydrogen) atoms. The van der Waals surface area contributed by atoms with Crippen LogP contribution in [0.3, 0.4) is 0 Å². The van der Waals surface area contributed by atoms with Gasteiger partial charge in [0.15, 0.2) is 5.69 Å². The van der Waals surface area contributed by atoms with E-state index >= 15 is 0 Å². The van der Waals surface area contributed by atoms with Crippen molar-refractivity contribution in [1.82, 2.24) is 20.0 Å². The van der Waals surface area contributed by atoms with E-state index < -0.39 is 0 Å². The van der Waals surface area contributed by atoms with E-state index in [0.717, 1.165) is 5.69 Å². The highest BCUT2D eigenvalue weighted by Gasteiger charge is 2.24. The summed E-state index contributed by atoms with van der Waals surface area (Å²) in [5, 5.41) is 9.81. The van der Waals surface area contributed by atoms with Crippen molar-refractivity contribution >= 4 is 23.4 Å². The van der Waals surface area contributed by atoms with E-state index in [0.29, 0.717) is 36.6 Å². The topological polar surface area (TPSA) is 96.3 Å². The Balaban J connectivity index is 1.35. The van der Waals surface area contributed by atoms with E-state index in [4.69, 9.17) is 0 Å². The van der Waals surface area contributed by atoms with Gasteiger partial charge in [0, 0.05) is 17.8 Å². The van der Waals surface area contributed by atoms with Crippen molar-refractivity contribution < 1.29 is 14.4 Å². The Morgan fingerprint density at radius 1 is 0.900 bits per heavy atom. The minimum absolute atomic E-state index is 0.0801. The second-order valence-corrected chi connectivity index (χ2v) is 6.93. The van der Waals surface area contributed by atoms with Crippen molar-refractivity contribution in [3.63, 3.8) is 0 Å². The number of nitrogens with zero attached hydrogens (tertiary/aromatic N) is 3. The van der Waals surface area contributed by atoms with Gasteiger partial charge >= 0.3 is 0 Å². The van der Waals surface area contributed by atoms with E-state index in [1.165, 1.54) is 0 Å². The predicted octanol–water partition coefficient (Wildman–Crippen LogP) is 1.91. The third-order valence-electron chi connectivity index (χ3n) is 4.85. The molecule has 8 heteroatoms. The van der Waals surface area contributed by atoms with Gasteiger partial charge in [-0.1, -0.05) is 36.4 Å². The molecule has 0 saturated carbocycles. The van der Waals surface area contributed by atoms with Crippen LogP contribution in [-0.2, 0) is 17.9 Å². The standard InChI is InChI=1S/C22H21N5O3/c28-20(14-23-21(29)16-7-3-1-4-8-16)26-11-12-27-18(15-26)13-19(25-27)22(30)24-17-9-5-2-6-10-17/h1-10,13H,11-12,14-15H2,(H,23,29)(H,24,30). The SMILES string of the molecule is O=C(NCC(=O)N1CCn2nc(C(=O)Nc3ccccc3)cc2C1)c1ccccc1. The quantitative estimate of drug-likeness (QED) is 0.680. The number of rotatable bonds is 5. The lowest BCUT2D eigenvalue weighted by molar-refractivity contribution is -0.131. The molecule has 152 valence electrons. The smallest absolute Gasteiger partial charge is 0.276 e. The molecule has 1 aliphatic heterocycles. The van der Waals surface area contributed by atoms with Gasteiger partial charge in [0.1, 0.15) is 0 Å². The van der Waals surface area contributed by atoms with Crippen LogP contribution < -0.4 is 10.6 Å². The zero-order valence-electron chi connectivity index (χ0n) is 16.2. The Morgan fingerprint density at radius 3 is 2.33 bits per heavy atom. The summed E-state index contributed by atoms with van der Waals surface area (Å²) >= 11 is 0. The number of hydrogen-bond acceptors (Lipinski definition) is 4. The lowest BCUT2D eigenvalue weighted by atomic mass is 10.2. The molecule has 0 spiro atoms. The molecule has 1 aromatic heterocycles. The highest BCUT2D eigenvalue weighted by atomic mass is 16.2. The molecule has 2 heterocycles. The van der Waals surface area contributed by atoms with Crippen LogP contribution in [0.4, 0.5) is 5.69 Å². The number of anilines is 1. The summed E-state index contributed by atoms with van der Waals surface area (Å²) in [5.74, 6) is -0.760. The van der Waals surface area contributed by atoms with E-state index in [1.54, 1.807) is 52.0 Å². The Hall–Kier alpha value is -3.94. The van der Waals surface area contributed by atoms with Crippen LogP contribution in [0.1, 0.15) is 26.5 Å². The molecule has 2 N–H and O–H groups in total. The number of carbonyl (C=O) groups is 3. The van der Waals surface area contributed by atoms with Gasteiger partial charge in [-0.25, -0.2) is 0 Å². The molecule has 3 amide bonds. The minimum Gasteiger partial charge on any atom is -0.343 e. The lowest BCUT2D eigenvalue weighted by Gasteiger charge is -2.27. The fourth-order valence-electron chi connectivity index (χ4n) is 3.27. The van der Waals surface area contributed by atoms with Crippen molar-refractivity contribution in [2.75, 3.05) is 18.4 Å². The number of para-hydroxylation sites is 1. The van der Waals surface area contributed by atoms with Gasteiger partial charge in [-0.2, -0.15) is 5.10 Å². The number of hydrogen-bond donors (Lipinski definition) is 2. The van der Waals surface area contributed by atoms with Crippen LogP contribution in [0.25, 0.3) is 0 Å². The predicted molar refractivity (Wildman–Crippen MR) is 111 cm³/mol. The Labute approximate surface area is 173 Å². The molecule has 0 saturated heterocycles. The summed E-state index contributed by atoms with van der Waals surface area (Å²) in [6, 6.07) is 19.6. The number of nitrogens with one attached hydrogen (secondary N) is 2. The summed E-state index contributed by atoms with van der Waals surface area (Å²) in [6.45, 7) is 1.22. The molecular formula is C22H21N5O3. The van der Waals surface area contributed by atoms with Gasteiger partial charge in [0.25, 0.3) is 11.8 Å². The van der Waals surface area contributed by atoms with Crippen molar-refractivity contribution in [3.8, 4) is 0 Å². The van der Waals surface area contributed by atoms with Crippen LogP contribution in [-0.4, -0.2) is 45.5 Å². The third-order valence-corrected chi connectivity index (χ3v) is 4.85. The maximum absolute atomic E-state index is 12.5. The number of fused-ring (bicyclic) bond motifs is 1. The molecule has 0 aliphatic carbocycles. The average Bonchev–Trinajstić information content (AvgIpc) is 3.22. The van der Waals surface area contributed by atoms with E-state index in [-0.39, 0.29) is 24.3 Å². The molecule has 1 aliphatic rings. The van der Waals surface area contributed by atoms with Gasteiger partial charge in [0.2, 0.25) is 5.91 Å². The molecular weight excluding hydrogens is 382 g/mol. The molecule has 0 unspecified atom stereocenters. The van der Waals surface area contributed by atoms with E-state index in [9.17, 15) is 14.4 Å². The average molecular weight is 403 g/mol. The lowest BCUT2D eigenvalue weighted by Crippen LogP contribution is -2.43. The molecule has 8 nitrogen and oxygen atoms in total. The molecule has 0 fully saturated rings. The Bertz CT molecular complexity index is 1060. The minimum atomic E-state index is -0.295.